The molecule has 18 heavy (non-hydrogen) atoms. The van der Waals surface area contributed by atoms with Gasteiger partial charge in [0.05, 0.1) is 6.54 Å². The van der Waals surface area contributed by atoms with E-state index in [4.69, 9.17) is 4.42 Å². The van der Waals surface area contributed by atoms with E-state index in [1.165, 1.54) is 32.1 Å². The largest absolute Gasteiger partial charge is 0.407 e. The number of anilines is 1. The van der Waals surface area contributed by atoms with Gasteiger partial charge in [0.2, 0.25) is 5.89 Å². The number of rotatable bonds is 5. The van der Waals surface area contributed by atoms with Gasteiger partial charge in [0, 0.05) is 13.1 Å². The molecule has 0 aromatic carbocycles. The first-order valence-electron chi connectivity index (χ1n) is 7.05. The molecule has 1 unspecified atom stereocenters. The van der Waals surface area contributed by atoms with Gasteiger partial charge in [-0.25, -0.2) is 0 Å². The Morgan fingerprint density at radius 2 is 2.22 bits per heavy atom. The van der Waals surface area contributed by atoms with Gasteiger partial charge in [0.25, 0.3) is 0 Å². The molecule has 1 saturated heterocycles. The molecule has 2 rings (SSSR count). The minimum absolute atomic E-state index is 0.638. The number of hydrogen-bond acceptors (Lipinski definition) is 5. The summed E-state index contributed by atoms with van der Waals surface area (Å²) in [6, 6.07) is 0.692. The first-order chi connectivity index (χ1) is 8.83. The summed E-state index contributed by atoms with van der Waals surface area (Å²) in [6.07, 6.45) is 6.45. The molecule has 5 heteroatoms. The molecule has 0 bridgehead atoms. The second-order valence-electron chi connectivity index (χ2n) is 5.08. The van der Waals surface area contributed by atoms with Crippen molar-refractivity contribution in [3.05, 3.63) is 5.89 Å². The van der Waals surface area contributed by atoms with Gasteiger partial charge in [-0.2, -0.15) is 0 Å². The maximum atomic E-state index is 5.66. The number of nitrogens with zero attached hydrogens (tertiary/aromatic N) is 3. The summed E-state index contributed by atoms with van der Waals surface area (Å²) in [5.74, 6) is 1.54. The van der Waals surface area contributed by atoms with Crippen LogP contribution in [-0.2, 0) is 6.54 Å². The quantitative estimate of drug-likeness (QED) is 0.870. The van der Waals surface area contributed by atoms with E-state index in [1.807, 2.05) is 7.05 Å². The second kappa shape index (κ2) is 6.73. The van der Waals surface area contributed by atoms with Gasteiger partial charge in [-0.3, -0.25) is 0 Å². The molecule has 0 spiro atoms. The lowest BCUT2D eigenvalue weighted by molar-refractivity contribution is 0.433. The maximum Gasteiger partial charge on any atom is 0.318 e. The Bertz CT molecular complexity index is 353. The SMILES string of the molecule is CCCC1CCCN(c2nnc(CNC)o2)CC1. The van der Waals surface area contributed by atoms with E-state index in [-0.39, 0.29) is 0 Å². The Hall–Kier alpha value is -1.10. The third kappa shape index (κ3) is 3.45. The highest BCUT2D eigenvalue weighted by molar-refractivity contribution is 5.24. The lowest BCUT2D eigenvalue weighted by Crippen LogP contribution is -2.24. The standard InChI is InChI=1S/C13H24N4O/c1-3-5-11-6-4-8-17(9-7-11)13-16-15-12(18-13)10-14-2/h11,14H,3-10H2,1-2H3. The van der Waals surface area contributed by atoms with Crippen molar-refractivity contribution < 1.29 is 4.42 Å². The van der Waals surface area contributed by atoms with Crippen LogP contribution in [0.4, 0.5) is 6.01 Å². The van der Waals surface area contributed by atoms with Gasteiger partial charge in [0.1, 0.15) is 0 Å². The third-order valence-corrected chi connectivity index (χ3v) is 3.60. The van der Waals surface area contributed by atoms with Gasteiger partial charge in [0.15, 0.2) is 0 Å². The molecule has 5 nitrogen and oxygen atoms in total. The van der Waals surface area contributed by atoms with Crippen molar-refractivity contribution in [1.82, 2.24) is 15.5 Å². The molecule has 1 aliphatic heterocycles. The van der Waals surface area contributed by atoms with Crippen LogP contribution in [0.1, 0.15) is 44.9 Å². The zero-order chi connectivity index (χ0) is 12.8. The van der Waals surface area contributed by atoms with Gasteiger partial charge in [-0.15, -0.1) is 5.10 Å². The van der Waals surface area contributed by atoms with Crippen molar-refractivity contribution in [3.8, 4) is 0 Å². The fourth-order valence-corrected chi connectivity index (χ4v) is 2.65. The minimum Gasteiger partial charge on any atom is -0.407 e. The van der Waals surface area contributed by atoms with Gasteiger partial charge < -0.3 is 14.6 Å². The molecule has 0 saturated carbocycles. The van der Waals surface area contributed by atoms with E-state index >= 15 is 0 Å². The molecule has 0 radical (unpaired) electrons. The summed E-state index contributed by atoms with van der Waals surface area (Å²) in [5, 5.41) is 11.2. The molecular weight excluding hydrogens is 228 g/mol. The van der Waals surface area contributed by atoms with Crippen molar-refractivity contribution >= 4 is 6.01 Å². The van der Waals surface area contributed by atoms with Crippen LogP contribution in [0.25, 0.3) is 0 Å². The van der Waals surface area contributed by atoms with Crippen molar-refractivity contribution in [2.24, 2.45) is 5.92 Å². The monoisotopic (exact) mass is 252 g/mol. The van der Waals surface area contributed by atoms with Crippen LogP contribution in [0.15, 0.2) is 4.42 Å². The summed E-state index contributed by atoms with van der Waals surface area (Å²) >= 11 is 0. The van der Waals surface area contributed by atoms with E-state index in [0.29, 0.717) is 18.5 Å². The Morgan fingerprint density at radius 1 is 1.33 bits per heavy atom. The lowest BCUT2D eigenvalue weighted by Gasteiger charge is -2.17. The summed E-state index contributed by atoms with van der Waals surface area (Å²) in [4.78, 5) is 2.24. The van der Waals surface area contributed by atoms with Crippen molar-refractivity contribution in [1.29, 1.82) is 0 Å². The van der Waals surface area contributed by atoms with Gasteiger partial charge >= 0.3 is 6.01 Å². The fourth-order valence-electron chi connectivity index (χ4n) is 2.65. The van der Waals surface area contributed by atoms with Crippen molar-refractivity contribution in [3.63, 3.8) is 0 Å². The first kappa shape index (κ1) is 13.3. The van der Waals surface area contributed by atoms with Crippen molar-refractivity contribution in [2.45, 2.75) is 45.6 Å². The first-order valence-corrected chi connectivity index (χ1v) is 7.05. The molecule has 1 aromatic heterocycles. The van der Waals surface area contributed by atoms with E-state index in [9.17, 15) is 0 Å². The molecule has 1 aliphatic rings. The molecule has 1 atom stereocenters. The molecule has 1 aromatic rings. The normalized spacial score (nSPS) is 21.0. The van der Waals surface area contributed by atoms with E-state index in [1.54, 1.807) is 0 Å². The summed E-state index contributed by atoms with van der Waals surface area (Å²) in [7, 11) is 1.88. The predicted octanol–water partition coefficient (Wildman–Crippen LogP) is 2.20. The summed E-state index contributed by atoms with van der Waals surface area (Å²) in [5.41, 5.74) is 0. The van der Waals surface area contributed by atoms with Crippen LogP contribution in [0, 0.1) is 5.92 Å². The second-order valence-corrected chi connectivity index (χ2v) is 5.08. The summed E-state index contributed by atoms with van der Waals surface area (Å²) < 4.78 is 5.66. The zero-order valence-corrected chi connectivity index (χ0v) is 11.5. The van der Waals surface area contributed by atoms with Crippen LogP contribution in [0.2, 0.25) is 0 Å². The van der Waals surface area contributed by atoms with Crippen LogP contribution in [-0.4, -0.2) is 30.3 Å². The van der Waals surface area contributed by atoms with E-state index < -0.39 is 0 Å². The molecule has 102 valence electrons. The topological polar surface area (TPSA) is 54.2 Å². The molecule has 0 aliphatic carbocycles. The highest BCUT2D eigenvalue weighted by atomic mass is 16.4. The minimum atomic E-state index is 0.638. The molecule has 1 N–H and O–H groups in total. The maximum absolute atomic E-state index is 5.66. The van der Waals surface area contributed by atoms with Crippen LogP contribution < -0.4 is 10.2 Å². The Morgan fingerprint density at radius 3 is 3.00 bits per heavy atom. The molecule has 1 fully saturated rings. The van der Waals surface area contributed by atoms with Crippen LogP contribution >= 0.6 is 0 Å². The number of aromatic nitrogens is 2. The van der Waals surface area contributed by atoms with E-state index in [2.05, 4.69) is 27.3 Å². The van der Waals surface area contributed by atoms with E-state index in [0.717, 1.165) is 19.0 Å². The highest BCUT2D eigenvalue weighted by Gasteiger charge is 2.20. The number of nitrogens with one attached hydrogen (secondary N) is 1. The van der Waals surface area contributed by atoms with Gasteiger partial charge in [-0.1, -0.05) is 24.9 Å². The Balaban J connectivity index is 1.92. The van der Waals surface area contributed by atoms with Crippen molar-refractivity contribution in [2.75, 3.05) is 25.0 Å². The predicted molar refractivity (Wildman–Crippen MR) is 71.5 cm³/mol. The lowest BCUT2D eigenvalue weighted by atomic mass is 9.96. The zero-order valence-electron chi connectivity index (χ0n) is 11.5. The third-order valence-electron chi connectivity index (χ3n) is 3.60. The van der Waals surface area contributed by atoms with Gasteiger partial charge in [-0.05, 0) is 32.2 Å². The summed E-state index contributed by atoms with van der Waals surface area (Å²) in [6.45, 7) is 5.00. The molecular formula is C13H24N4O. The fraction of sp³-hybridized carbons (Fsp3) is 0.846. The average Bonchev–Trinajstić information content (AvgIpc) is 2.70. The molecule has 0 amide bonds. The smallest absolute Gasteiger partial charge is 0.318 e. The highest BCUT2D eigenvalue weighted by Crippen LogP contribution is 2.24. The molecule has 2 heterocycles. The number of hydrogen-bond donors (Lipinski definition) is 1. The average molecular weight is 252 g/mol. The Labute approximate surface area is 109 Å². The van der Waals surface area contributed by atoms with Crippen LogP contribution in [0.3, 0.4) is 0 Å². The Kier molecular flexibility index (Phi) is 4.99. The van der Waals surface area contributed by atoms with Crippen LogP contribution in [0.5, 0.6) is 0 Å².